The van der Waals surface area contributed by atoms with E-state index in [-0.39, 0.29) is 0 Å². The van der Waals surface area contributed by atoms with Crippen LogP contribution in [0.2, 0.25) is 0 Å². The van der Waals surface area contributed by atoms with Gasteiger partial charge in [0, 0.05) is 12.7 Å². The zero-order valence-corrected chi connectivity index (χ0v) is 9.57. The van der Waals surface area contributed by atoms with E-state index in [1.165, 1.54) is 12.0 Å². The van der Waals surface area contributed by atoms with Crippen LogP contribution in [-0.2, 0) is 20.1 Å². The monoisotopic (exact) mass is 246 g/mol. The fourth-order valence-electron chi connectivity index (χ4n) is 2.69. The Morgan fingerprint density at radius 2 is 1.94 bits per heavy atom. The first-order chi connectivity index (χ1) is 8.68. The third kappa shape index (κ3) is 1.06. The number of hydrogen-bond donors (Lipinski definition) is 0. The Morgan fingerprint density at radius 3 is 2.39 bits per heavy atom. The second-order valence-electron chi connectivity index (χ2n) is 4.29. The Bertz CT molecular complexity index is 520. The SMILES string of the molecule is COC1(c2ccccc2)C2C(=O)C(N=O)C(=O)N21. The van der Waals surface area contributed by atoms with E-state index in [2.05, 4.69) is 5.18 Å². The molecule has 3 rings (SSSR count). The fraction of sp³-hybridized carbons (Fsp3) is 0.333. The van der Waals surface area contributed by atoms with Gasteiger partial charge in [-0.1, -0.05) is 30.3 Å². The van der Waals surface area contributed by atoms with Crippen LogP contribution in [0.5, 0.6) is 0 Å². The molecule has 0 aliphatic carbocycles. The van der Waals surface area contributed by atoms with Gasteiger partial charge in [-0.15, -0.1) is 4.91 Å². The van der Waals surface area contributed by atoms with Crippen LogP contribution in [0.4, 0.5) is 0 Å². The number of nitrogens with zero attached hydrogens (tertiary/aromatic N) is 2. The summed E-state index contributed by atoms with van der Waals surface area (Å²) in [6.07, 6.45) is 0. The lowest BCUT2D eigenvalue weighted by Crippen LogP contribution is -2.36. The van der Waals surface area contributed by atoms with Gasteiger partial charge in [0.05, 0.1) is 0 Å². The molecule has 2 fully saturated rings. The van der Waals surface area contributed by atoms with Crippen molar-refractivity contribution in [3.8, 4) is 0 Å². The smallest absolute Gasteiger partial charge is 0.262 e. The van der Waals surface area contributed by atoms with Gasteiger partial charge in [0.25, 0.3) is 5.91 Å². The highest BCUT2D eigenvalue weighted by Crippen LogP contribution is 2.55. The highest BCUT2D eigenvalue weighted by Gasteiger charge is 2.78. The normalized spacial score (nSPS) is 33.5. The average molecular weight is 246 g/mol. The molecule has 2 aliphatic rings. The van der Waals surface area contributed by atoms with Gasteiger partial charge in [0.2, 0.25) is 6.04 Å². The molecular formula is C12H10N2O4. The van der Waals surface area contributed by atoms with Crippen LogP contribution >= 0.6 is 0 Å². The summed E-state index contributed by atoms with van der Waals surface area (Å²) >= 11 is 0. The Hall–Kier alpha value is -2.08. The summed E-state index contributed by atoms with van der Waals surface area (Å²) in [5.41, 5.74) is -0.320. The van der Waals surface area contributed by atoms with Crippen molar-refractivity contribution < 1.29 is 14.3 Å². The first-order valence-corrected chi connectivity index (χ1v) is 5.48. The largest absolute Gasteiger partial charge is 0.352 e. The molecular weight excluding hydrogens is 236 g/mol. The summed E-state index contributed by atoms with van der Waals surface area (Å²) in [7, 11) is 1.44. The number of amides is 1. The molecule has 1 aromatic carbocycles. The summed E-state index contributed by atoms with van der Waals surface area (Å²) in [6, 6.07) is 6.88. The van der Waals surface area contributed by atoms with Crippen molar-refractivity contribution in [1.29, 1.82) is 0 Å². The van der Waals surface area contributed by atoms with Crippen molar-refractivity contribution in [2.45, 2.75) is 17.8 Å². The van der Waals surface area contributed by atoms with Gasteiger partial charge in [-0.2, -0.15) is 0 Å². The molecule has 3 atom stereocenters. The molecule has 6 nitrogen and oxygen atoms in total. The predicted molar refractivity (Wildman–Crippen MR) is 60.4 cm³/mol. The maximum Gasteiger partial charge on any atom is 0.262 e. The van der Waals surface area contributed by atoms with Crippen LogP contribution < -0.4 is 0 Å². The van der Waals surface area contributed by atoms with Gasteiger partial charge < -0.3 is 4.74 Å². The molecule has 0 bridgehead atoms. The van der Waals surface area contributed by atoms with E-state index in [0.29, 0.717) is 0 Å². The number of ether oxygens (including phenoxy) is 1. The predicted octanol–water partition coefficient (Wildman–Crippen LogP) is 0.414. The molecule has 0 radical (unpaired) electrons. The van der Waals surface area contributed by atoms with Gasteiger partial charge in [-0.05, 0) is 5.18 Å². The lowest BCUT2D eigenvalue weighted by Gasteiger charge is -2.18. The Morgan fingerprint density at radius 1 is 1.28 bits per heavy atom. The van der Waals surface area contributed by atoms with Gasteiger partial charge in [0.15, 0.2) is 11.5 Å². The molecule has 2 saturated heterocycles. The number of methoxy groups -OCH3 is 1. The molecule has 3 unspecified atom stereocenters. The molecule has 1 aromatic rings. The van der Waals surface area contributed by atoms with Gasteiger partial charge in [-0.3, -0.25) is 14.5 Å². The zero-order valence-electron chi connectivity index (χ0n) is 9.57. The van der Waals surface area contributed by atoms with Crippen molar-refractivity contribution in [2.75, 3.05) is 7.11 Å². The van der Waals surface area contributed by atoms with Crippen molar-refractivity contribution in [3.63, 3.8) is 0 Å². The first kappa shape index (κ1) is 11.0. The number of carbonyl (C=O) groups is 2. The number of nitroso groups, excluding NO2 is 1. The average Bonchev–Trinajstić information content (AvgIpc) is 3.03. The minimum Gasteiger partial charge on any atom is -0.352 e. The van der Waals surface area contributed by atoms with Crippen molar-refractivity contribution >= 4 is 11.7 Å². The van der Waals surface area contributed by atoms with E-state index in [1.54, 1.807) is 24.3 Å². The quantitative estimate of drug-likeness (QED) is 0.440. The topological polar surface area (TPSA) is 75.8 Å². The minimum atomic E-state index is -1.40. The van der Waals surface area contributed by atoms with E-state index in [4.69, 9.17) is 4.74 Å². The molecule has 92 valence electrons. The van der Waals surface area contributed by atoms with Gasteiger partial charge in [0.1, 0.15) is 6.04 Å². The fourth-order valence-corrected chi connectivity index (χ4v) is 2.69. The molecule has 6 heteroatoms. The third-order valence-corrected chi connectivity index (χ3v) is 3.53. The second-order valence-corrected chi connectivity index (χ2v) is 4.29. The summed E-state index contributed by atoms with van der Waals surface area (Å²) < 4.78 is 5.38. The zero-order chi connectivity index (χ0) is 12.9. The Balaban J connectivity index is 2.03. The summed E-state index contributed by atoms with van der Waals surface area (Å²) in [5, 5.41) is 2.58. The van der Waals surface area contributed by atoms with Crippen LogP contribution in [0.1, 0.15) is 5.56 Å². The number of piperidine rings is 1. The summed E-state index contributed by atoms with van der Waals surface area (Å²) in [5.74, 6) is -1.06. The Kier molecular flexibility index (Phi) is 2.12. The van der Waals surface area contributed by atoms with Crippen molar-refractivity contribution in [3.05, 3.63) is 40.8 Å². The van der Waals surface area contributed by atoms with E-state index < -0.39 is 29.5 Å². The van der Waals surface area contributed by atoms with E-state index in [9.17, 15) is 14.5 Å². The first-order valence-electron chi connectivity index (χ1n) is 5.48. The van der Waals surface area contributed by atoms with E-state index in [1.807, 2.05) is 6.07 Å². The van der Waals surface area contributed by atoms with Gasteiger partial charge in [-0.25, -0.2) is 0 Å². The standard InChI is InChI=1S/C12H10N2O4/c1-18-12(7-5-3-2-4-6-7)10-9(15)8(13-17)11(16)14(10)12/h2-6,8,10H,1H3. The molecule has 2 aliphatic heterocycles. The number of carbonyl (C=O) groups excluding carboxylic acids is 2. The number of hydrogen-bond acceptors (Lipinski definition) is 5. The van der Waals surface area contributed by atoms with Crippen LogP contribution in [0.15, 0.2) is 35.5 Å². The molecule has 0 saturated carbocycles. The van der Waals surface area contributed by atoms with E-state index in [0.717, 1.165) is 5.56 Å². The van der Waals surface area contributed by atoms with Crippen LogP contribution in [0.25, 0.3) is 0 Å². The Labute approximate surface area is 103 Å². The molecule has 0 spiro atoms. The molecule has 2 heterocycles. The molecule has 1 amide bonds. The highest BCUT2D eigenvalue weighted by atomic mass is 16.5. The second kappa shape index (κ2) is 3.46. The number of benzene rings is 1. The summed E-state index contributed by atoms with van der Waals surface area (Å²) in [6.45, 7) is 0. The molecule has 0 N–H and O–H groups in total. The lowest BCUT2D eigenvalue weighted by molar-refractivity contribution is -0.134. The molecule has 18 heavy (non-hydrogen) atoms. The lowest BCUT2D eigenvalue weighted by atomic mass is 10.00. The third-order valence-electron chi connectivity index (χ3n) is 3.53. The van der Waals surface area contributed by atoms with Crippen molar-refractivity contribution in [1.82, 2.24) is 4.90 Å². The maximum atomic E-state index is 11.9. The van der Waals surface area contributed by atoms with Gasteiger partial charge >= 0.3 is 0 Å². The highest BCUT2D eigenvalue weighted by molar-refractivity contribution is 6.19. The van der Waals surface area contributed by atoms with E-state index >= 15 is 0 Å². The minimum absolute atomic E-state index is 0.485. The number of ketones is 1. The van der Waals surface area contributed by atoms with Crippen molar-refractivity contribution in [2.24, 2.45) is 5.18 Å². The summed E-state index contributed by atoms with van der Waals surface area (Å²) in [4.78, 5) is 35.5. The molecule has 0 aromatic heterocycles. The number of fused-ring (bicyclic) bond motifs is 1. The van der Waals surface area contributed by atoms with Crippen LogP contribution in [0.3, 0.4) is 0 Å². The number of rotatable bonds is 3. The number of Topliss-reactive ketones (excluding diaryl/α,β-unsaturated/α-hetero) is 1. The van der Waals surface area contributed by atoms with Crippen LogP contribution in [-0.4, -0.2) is 35.8 Å². The van der Waals surface area contributed by atoms with Crippen LogP contribution in [0, 0.1) is 4.91 Å². The maximum absolute atomic E-state index is 11.9.